The molecule has 4 N–H and O–H groups in total. The average Bonchev–Trinajstić information content (AvgIpc) is 3.78. The molecule has 0 unspecified atom stereocenters. The fraction of sp³-hybridized carbons (Fsp3) is 0.476. The molecule has 0 aliphatic carbocycles. The Balaban J connectivity index is 0.775. The molecule has 8 rings (SSSR count). The summed E-state index contributed by atoms with van der Waals surface area (Å²) in [5, 5.41) is 10.7. The fourth-order valence-electron chi connectivity index (χ4n) is 7.90. The van der Waals surface area contributed by atoms with Crippen molar-refractivity contribution >= 4 is 33.7 Å². The predicted octanol–water partition coefficient (Wildman–Crippen LogP) is 6.07. The molecule has 4 aromatic heterocycles. The van der Waals surface area contributed by atoms with Gasteiger partial charge >= 0.3 is 12.0 Å². The number of unbranched alkanes of at least 4 members (excludes halogenated alkanes) is 2. The van der Waals surface area contributed by atoms with Gasteiger partial charge in [-0.1, -0.05) is 68.3 Å². The Labute approximate surface area is 328 Å². The van der Waals surface area contributed by atoms with Crippen LogP contribution in [-0.4, -0.2) is 88.7 Å². The second-order valence-electron chi connectivity index (χ2n) is 15.4. The summed E-state index contributed by atoms with van der Waals surface area (Å²) in [6.07, 6.45) is 12.6. The number of fused-ring (bicyclic) bond motifs is 2. The molecule has 2 fully saturated rings. The standard InChI is InChI=1S/C42H54N12O2/c1-2-3-18-55-41-47-37(43)35-22-46-54(39(35)49-41)29-33-15-10-13-31(21-33)25-52-26-34(27-52)11-5-8-19-56-42-48-38(44)36-23-45-53(40(36)50-42)28-32-14-9-12-30(20-32)24-51-16-6-4-7-17-51/h9-10,12-15,20-23,34H,2-8,11,16-19,24-29H2,1H3,(H2,43,47,49)(H2,44,48,50). The highest BCUT2D eigenvalue weighted by Gasteiger charge is 2.26. The zero-order chi connectivity index (χ0) is 38.3. The first-order chi connectivity index (χ1) is 27.5. The molecule has 6 heterocycles. The van der Waals surface area contributed by atoms with E-state index in [4.69, 9.17) is 25.9 Å². The second kappa shape index (κ2) is 17.6. The van der Waals surface area contributed by atoms with E-state index in [1.165, 1.54) is 55.5 Å². The van der Waals surface area contributed by atoms with E-state index in [-0.39, 0.29) is 0 Å². The van der Waals surface area contributed by atoms with Crippen molar-refractivity contribution < 1.29 is 9.47 Å². The summed E-state index contributed by atoms with van der Waals surface area (Å²) in [4.78, 5) is 23.1. The van der Waals surface area contributed by atoms with Gasteiger partial charge in [0, 0.05) is 26.2 Å². The molecule has 2 aliphatic rings. The number of piperidine rings is 1. The summed E-state index contributed by atoms with van der Waals surface area (Å²) in [6.45, 7) is 10.9. The molecule has 2 aromatic carbocycles. The third kappa shape index (κ3) is 9.19. The van der Waals surface area contributed by atoms with Crippen molar-refractivity contribution in [2.45, 2.75) is 84.5 Å². The van der Waals surface area contributed by atoms with Gasteiger partial charge in [0.25, 0.3) is 0 Å². The van der Waals surface area contributed by atoms with Crippen LogP contribution in [0.4, 0.5) is 11.6 Å². The van der Waals surface area contributed by atoms with Gasteiger partial charge in [-0.3, -0.25) is 9.80 Å². The van der Waals surface area contributed by atoms with Gasteiger partial charge in [-0.25, -0.2) is 9.36 Å². The van der Waals surface area contributed by atoms with Crippen LogP contribution in [0.25, 0.3) is 22.1 Å². The number of nitrogens with two attached hydrogens (primary N) is 2. The molecule has 0 radical (unpaired) electrons. The lowest BCUT2D eigenvalue weighted by molar-refractivity contribution is 0.0836. The highest BCUT2D eigenvalue weighted by atomic mass is 16.5. The van der Waals surface area contributed by atoms with Crippen molar-refractivity contribution in [1.82, 2.24) is 49.3 Å². The summed E-state index contributed by atoms with van der Waals surface area (Å²) < 4.78 is 15.5. The minimum absolute atomic E-state index is 0.301. The highest BCUT2D eigenvalue weighted by Crippen LogP contribution is 2.26. The summed E-state index contributed by atoms with van der Waals surface area (Å²) in [7, 11) is 0. The first-order valence-corrected chi connectivity index (χ1v) is 20.3. The van der Waals surface area contributed by atoms with Gasteiger partial charge in [-0.15, -0.1) is 0 Å². The summed E-state index contributed by atoms with van der Waals surface area (Å²) in [5.41, 5.74) is 18.9. The number of likely N-dealkylation sites (tertiary alicyclic amines) is 2. The number of ether oxygens (including phenoxy) is 2. The highest BCUT2D eigenvalue weighted by molar-refractivity contribution is 5.86. The fourth-order valence-corrected chi connectivity index (χ4v) is 7.90. The van der Waals surface area contributed by atoms with E-state index >= 15 is 0 Å². The van der Waals surface area contributed by atoms with Crippen LogP contribution < -0.4 is 20.9 Å². The van der Waals surface area contributed by atoms with E-state index in [0.29, 0.717) is 67.2 Å². The lowest BCUT2D eigenvalue weighted by Crippen LogP contribution is -2.45. The van der Waals surface area contributed by atoms with Crippen LogP contribution in [0.3, 0.4) is 0 Å². The van der Waals surface area contributed by atoms with Gasteiger partial charge < -0.3 is 20.9 Å². The molecule has 6 aromatic rings. The van der Waals surface area contributed by atoms with Crippen LogP contribution in [0.15, 0.2) is 60.9 Å². The zero-order valence-electron chi connectivity index (χ0n) is 32.5. The molecule has 294 valence electrons. The monoisotopic (exact) mass is 758 g/mol. The van der Waals surface area contributed by atoms with E-state index < -0.39 is 0 Å². The van der Waals surface area contributed by atoms with E-state index in [1.807, 2.05) is 9.36 Å². The lowest BCUT2D eigenvalue weighted by atomic mass is 9.93. The van der Waals surface area contributed by atoms with E-state index in [2.05, 4.69) is 90.4 Å². The molecule has 0 amide bonds. The van der Waals surface area contributed by atoms with Crippen LogP contribution in [0, 0.1) is 5.92 Å². The third-order valence-corrected chi connectivity index (χ3v) is 10.9. The average molecular weight is 759 g/mol. The summed E-state index contributed by atoms with van der Waals surface area (Å²) >= 11 is 0. The van der Waals surface area contributed by atoms with Crippen LogP contribution >= 0.6 is 0 Å². The number of aromatic nitrogens is 8. The Bertz CT molecular complexity index is 2220. The van der Waals surface area contributed by atoms with Crippen LogP contribution in [0.5, 0.6) is 12.0 Å². The Morgan fingerprint density at radius 2 is 1.14 bits per heavy atom. The topological polar surface area (TPSA) is 164 Å². The quantitative estimate of drug-likeness (QED) is 0.0974. The lowest BCUT2D eigenvalue weighted by Gasteiger charge is -2.39. The van der Waals surface area contributed by atoms with Crippen molar-refractivity contribution in [1.29, 1.82) is 0 Å². The Hall–Kier alpha value is -5.34. The van der Waals surface area contributed by atoms with Gasteiger partial charge in [0.05, 0.1) is 49.5 Å². The van der Waals surface area contributed by atoms with E-state index in [0.717, 1.165) is 68.2 Å². The molecule has 0 atom stereocenters. The predicted molar refractivity (Wildman–Crippen MR) is 218 cm³/mol. The molecule has 0 spiro atoms. The van der Waals surface area contributed by atoms with Crippen molar-refractivity contribution in [2.24, 2.45) is 5.92 Å². The van der Waals surface area contributed by atoms with Crippen LogP contribution in [0.1, 0.15) is 80.5 Å². The van der Waals surface area contributed by atoms with Gasteiger partial charge in [0.15, 0.2) is 11.3 Å². The summed E-state index contributed by atoms with van der Waals surface area (Å²) in [5.74, 6) is 1.48. The van der Waals surface area contributed by atoms with Crippen LogP contribution in [0.2, 0.25) is 0 Å². The number of nitrogen functional groups attached to an aromatic ring is 2. The molecule has 56 heavy (non-hydrogen) atoms. The molecular formula is C42H54N12O2. The molecule has 14 heteroatoms. The first-order valence-electron chi connectivity index (χ1n) is 20.3. The molecule has 0 saturated carbocycles. The zero-order valence-corrected chi connectivity index (χ0v) is 32.5. The number of hydrogen-bond acceptors (Lipinski definition) is 12. The van der Waals surface area contributed by atoms with Crippen molar-refractivity contribution in [3.05, 3.63) is 83.2 Å². The largest absolute Gasteiger partial charge is 0.463 e. The maximum atomic E-state index is 6.33. The van der Waals surface area contributed by atoms with E-state index in [9.17, 15) is 0 Å². The Morgan fingerprint density at radius 3 is 1.70 bits per heavy atom. The number of nitrogens with zero attached hydrogens (tertiary/aromatic N) is 10. The molecule has 0 bridgehead atoms. The third-order valence-electron chi connectivity index (χ3n) is 10.9. The molecule has 2 saturated heterocycles. The van der Waals surface area contributed by atoms with E-state index in [1.54, 1.807) is 12.4 Å². The smallest absolute Gasteiger partial charge is 0.320 e. The van der Waals surface area contributed by atoms with Crippen molar-refractivity contribution in [2.75, 3.05) is 50.9 Å². The van der Waals surface area contributed by atoms with Gasteiger partial charge in [-0.2, -0.15) is 30.1 Å². The number of hydrogen-bond donors (Lipinski definition) is 2. The van der Waals surface area contributed by atoms with Crippen molar-refractivity contribution in [3.63, 3.8) is 0 Å². The molecule has 14 nitrogen and oxygen atoms in total. The maximum absolute atomic E-state index is 6.33. The van der Waals surface area contributed by atoms with Gasteiger partial charge in [-0.05, 0) is 79.8 Å². The summed E-state index contributed by atoms with van der Waals surface area (Å²) in [6, 6.07) is 18.1. The minimum atomic E-state index is 0.301. The maximum Gasteiger partial charge on any atom is 0.320 e. The first kappa shape index (κ1) is 37.6. The molecular weight excluding hydrogens is 705 g/mol. The second-order valence-corrected chi connectivity index (χ2v) is 15.4. The van der Waals surface area contributed by atoms with Gasteiger partial charge in [0.1, 0.15) is 11.6 Å². The Kier molecular flexibility index (Phi) is 11.8. The normalized spacial score (nSPS) is 15.4. The van der Waals surface area contributed by atoms with Gasteiger partial charge in [0.2, 0.25) is 0 Å². The number of rotatable bonds is 18. The number of benzene rings is 2. The minimum Gasteiger partial charge on any atom is -0.463 e. The number of anilines is 2. The Morgan fingerprint density at radius 1 is 0.625 bits per heavy atom. The molecule has 2 aliphatic heterocycles. The SMILES string of the molecule is CCCCOc1nc(N)c2cnn(Cc3cccc(CN4CC(CCCCOc5nc(N)c6cnn(Cc7cccc(CN8CCCCC8)c7)c6n5)C4)c3)c2n1. The van der Waals surface area contributed by atoms with Crippen molar-refractivity contribution in [3.8, 4) is 12.0 Å². The van der Waals surface area contributed by atoms with Crippen LogP contribution in [-0.2, 0) is 26.2 Å².